The van der Waals surface area contributed by atoms with E-state index in [4.69, 9.17) is 39.3 Å². The number of ether oxygens (including phenoxy) is 6. The van der Waals surface area contributed by atoms with Crippen molar-refractivity contribution in [2.24, 2.45) is 0 Å². The molecule has 0 saturated carbocycles. The number of carbonyl (C=O) groups excluding carboxylic acids is 4. The number of hydrogen-bond acceptors (Lipinski definition) is 12. The highest BCUT2D eigenvalue weighted by atomic mass is 16.7. The van der Waals surface area contributed by atoms with Crippen molar-refractivity contribution >= 4 is 35.6 Å². The van der Waals surface area contributed by atoms with E-state index in [1.807, 2.05) is 0 Å². The molecule has 5 atom stereocenters. The van der Waals surface area contributed by atoms with Gasteiger partial charge in [0.25, 0.3) is 0 Å². The second-order valence-electron chi connectivity index (χ2n) is 7.17. The van der Waals surface area contributed by atoms with E-state index in [9.17, 15) is 19.2 Å². The van der Waals surface area contributed by atoms with Crippen molar-refractivity contribution in [2.75, 3.05) is 19.5 Å². The molecule has 1 aliphatic heterocycles. The zero-order chi connectivity index (χ0) is 25.4. The lowest BCUT2D eigenvalue weighted by Crippen LogP contribution is -2.64. The molecule has 0 aliphatic carbocycles. The number of methoxy groups -OCH3 is 1. The molecule has 3 unspecified atom stereocenters. The maximum Gasteiger partial charge on any atom is 0.339 e. The van der Waals surface area contributed by atoms with E-state index >= 15 is 0 Å². The zero-order valence-corrected chi connectivity index (χ0v) is 19.1. The lowest BCUT2D eigenvalue weighted by molar-refractivity contribution is -0.282. The molecule has 1 aromatic carbocycles. The van der Waals surface area contributed by atoms with Gasteiger partial charge >= 0.3 is 23.9 Å². The van der Waals surface area contributed by atoms with Crippen molar-refractivity contribution < 1.29 is 52.7 Å². The fourth-order valence-electron chi connectivity index (χ4n) is 3.27. The van der Waals surface area contributed by atoms with Crippen LogP contribution in [0.15, 0.2) is 24.3 Å². The van der Waals surface area contributed by atoms with Crippen LogP contribution in [0.5, 0.6) is 5.75 Å². The smallest absolute Gasteiger partial charge is 0.339 e. The van der Waals surface area contributed by atoms with Gasteiger partial charge in [-0.15, -0.1) is 0 Å². The van der Waals surface area contributed by atoms with Crippen LogP contribution in [0, 0.1) is 0 Å². The number of carbonyl (C=O) groups is 4. The second kappa shape index (κ2) is 12.0. The predicted molar refractivity (Wildman–Crippen MR) is 115 cm³/mol. The van der Waals surface area contributed by atoms with Crippen molar-refractivity contribution in [3.63, 3.8) is 0 Å². The van der Waals surface area contributed by atoms with Gasteiger partial charge in [-0.2, -0.15) is 0 Å². The molecule has 0 amide bonds. The van der Waals surface area contributed by atoms with Crippen LogP contribution in [0.1, 0.15) is 26.3 Å². The Bertz CT molecular complexity index is 945. The van der Waals surface area contributed by atoms with Crippen LogP contribution in [-0.4, -0.2) is 73.4 Å². The van der Waals surface area contributed by atoms with Crippen molar-refractivity contribution in [1.29, 1.82) is 0 Å². The molecular formula is C22H27NO11. The van der Waals surface area contributed by atoms with Gasteiger partial charge in [-0.25, -0.2) is 4.79 Å². The van der Waals surface area contributed by atoms with Crippen molar-refractivity contribution in [3.05, 3.63) is 29.8 Å². The molecule has 12 heteroatoms. The molecule has 186 valence electrons. The number of nitrogen functional groups attached to an aromatic ring is 1. The third kappa shape index (κ3) is 6.93. The topological polar surface area (TPSA) is 170 Å². The molecular weight excluding hydrogens is 454 g/mol. The fraction of sp³-hybridized carbons (Fsp3) is 0.455. The van der Waals surface area contributed by atoms with Crippen LogP contribution in [0.4, 0.5) is 5.69 Å². The number of nitrogens with two attached hydrogens (primary N) is 1. The van der Waals surface area contributed by atoms with Crippen molar-refractivity contribution in [2.45, 2.75) is 51.5 Å². The van der Waals surface area contributed by atoms with Crippen LogP contribution in [0.2, 0.25) is 0 Å². The van der Waals surface area contributed by atoms with Crippen LogP contribution < -0.4 is 10.5 Å². The van der Waals surface area contributed by atoms with E-state index in [-0.39, 0.29) is 18.0 Å². The van der Waals surface area contributed by atoms with Crippen LogP contribution >= 0.6 is 0 Å². The normalized spacial score (nSPS) is 24.2. The van der Waals surface area contributed by atoms with E-state index in [2.05, 4.69) is 0 Å². The summed E-state index contributed by atoms with van der Waals surface area (Å²) in [5, 5.41) is 8.92. The summed E-state index contributed by atoms with van der Waals surface area (Å²) in [7, 11) is 1.09. The molecule has 0 bridgehead atoms. The number of aliphatic hydroxyl groups excluding tert-OH is 1. The molecule has 1 fully saturated rings. The number of anilines is 1. The maximum atomic E-state index is 12.4. The molecule has 0 radical (unpaired) electrons. The van der Waals surface area contributed by atoms with Crippen LogP contribution in [-0.2, 0) is 42.9 Å². The van der Waals surface area contributed by atoms with Gasteiger partial charge in [0.1, 0.15) is 5.75 Å². The van der Waals surface area contributed by atoms with E-state index < -0.39 is 54.6 Å². The summed E-state index contributed by atoms with van der Waals surface area (Å²) in [6.07, 6.45) is -4.36. The minimum absolute atomic E-state index is 0.0967. The Morgan fingerprint density at radius 1 is 1.00 bits per heavy atom. The Kier molecular flexibility index (Phi) is 9.39. The van der Waals surface area contributed by atoms with Crippen LogP contribution in [0.25, 0.3) is 6.08 Å². The molecule has 34 heavy (non-hydrogen) atoms. The lowest BCUT2D eigenvalue weighted by atomic mass is 9.97. The Morgan fingerprint density at radius 2 is 1.59 bits per heavy atom. The molecule has 0 aromatic heterocycles. The van der Waals surface area contributed by atoms with E-state index in [1.165, 1.54) is 12.1 Å². The molecule has 1 aromatic rings. The minimum Gasteiger partial charge on any atom is -0.467 e. The van der Waals surface area contributed by atoms with Gasteiger partial charge in [-0.1, -0.05) is 18.2 Å². The number of aliphatic hydroxyl groups is 1. The zero-order valence-electron chi connectivity index (χ0n) is 19.1. The standard InChI is InChI=1S/C22H27NO11/c1-11(25)30-17-18(31-12(2)26)20(32-13(3)27)22(34-19(17)21(28)29-4)33-16-8-7-14(6-5-9-24)10-15(16)23/h5-8,10,17-20,22,24H,9,23H2,1-4H3/b6-5+/t17-,18?,19?,20+,22?/m0/s1. The number of esters is 4. The second-order valence-corrected chi connectivity index (χ2v) is 7.17. The van der Waals surface area contributed by atoms with Gasteiger partial charge in [0.15, 0.2) is 18.3 Å². The van der Waals surface area contributed by atoms with Gasteiger partial charge in [0.05, 0.1) is 19.4 Å². The summed E-state index contributed by atoms with van der Waals surface area (Å²) in [5.74, 6) is -3.25. The fourth-order valence-corrected chi connectivity index (χ4v) is 3.27. The third-order valence-corrected chi connectivity index (χ3v) is 4.53. The highest BCUT2D eigenvalue weighted by Crippen LogP contribution is 2.33. The number of rotatable bonds is 8. The van der Waals surface area contributed by atoms with Gasteiger partial charge in [0, 0.05) is 20.8 Å². The van der Waals surface area contributed by atoms with Crippen molar-refractivity contribution in [1.82, 2.24) is 0 Å². The summed E-state index contributed by atoms with van der Waals surface area (Å²) >= 11 is 0. The Labute approximate surface area is 195 Å². The highest BCUT2D eigenvalue weighted by Gasteiger charge is 2.55. The molecule has 1 saturated heterocycles. The van der Waals surface area contributed by atoms with Gasteiger partial charge in [0.2, 0.25) is 12.4 Å². The Hall–Kier alpha value is -3.64. The first-order chi connectivity index (χ1) is 16.1. The van der Waals surface area contributed by atoms with Crippen molar-refractivity contribution in [3.8, 4) is 5.75 Å². The molecule has 2 rings (SSSR count). The summed E-state index contributed by atoms with van der Waals surface area (Å²) < 4.78 is 32.0. The third-order valence-electron chi connectivity index (χ3n) is 4.53. The number of hydrogen-bond donors (Lipinski definition) is 2. The summed E-state index contributed by atoms with van der Waals surface area (Å²) in [6, 6.07) is 4.67. The average molecular weight is 481 g/mol. The van der Waals surface area contributed by atoms with Gasteiger partial charge in [-0.05, 0) is 17.7 Å². The molecule has 3 N–H and O–H groups in total. The maximum absolute atomic E-state index is 12.4. The van der Waals surface area contributed by atoms with E-state index in [1.54, 1.807) is 18.2 Å². The first kappa shape index (κ1) is 26.6. The Morgan fingerprint density at radius 3 is 2.12 bits per heavy atom. The number of benzene rings is 1. The molecule has 0 spiro atoms. The lowest BCUT2D eigenvalue weighted by Gasteiger charge is -2.43. The largest absolute Gasteiger partial charge is 0.467 e. The van der Waals surface area contributed by atoms with Crippen LogP contribution in [0.3, 0.4) is 0 Å². The average Bonchev–Trinajstić information content (AvgIpc) is 2.76. The first-order valence-electron chi connectivity index (χ1n) is 10.2. The van der Waals surface area contributed by atoms with Gasteiger partial charge < -0.3 is 39.3 Å². The Balaban J connectivity index is 2.49. The summed E-state index contributed by atoms with van der Waals surface area (Å²) in [6.45, 7) is 3.11. The molecule has 12 nitrogen and oxygen atoms in total. The molecule has 1 heterocycles. The van der Waals surface area contributed by atoms with E-state index in [0.717, 1.165) is 27.9 Å². The summed E-state index contributed by atoms with van der Waals surface area (Å²) in [5.41, 5.74) is 6.88. The molecule has 1 aliphatic rings. The first-order valence-corrected chi connectivity index (χ1v) is 10.2. The van der Waals surface area contributed by atoms with E-state index in [0.29, 0.717) is 5.56 Å². The minimum atomic E-state index is -1.58. The quantitative estimate of drug-likeness (QED) is 0.297. The summed E-state index contributed by atoms with van der Waals surface area (Å²) in [4.78, 5) is 47.8. The monoisotopic (exact) mass is 481 g/mol. The predicted octanol–water partition coefficient (Wildman–Crippen LogP) is 0.346. The van der Waals surface area contributed by atoms with Gasteiger partial charge in [-0.3, -0.25) is 14.4 Å². The SMILES string of the molecule is COC(=O)C1OC(Oc2ccc(/C=C/CO)cc2N)[C@H](OC(C)=O)C(OC(C)=O)[C@@H]1OC(C)=O. The highest BCUT2D eigenvalue weighted by molar-refractivity contribution is 5.77.